The summed E-state index contributed by atoms with van der Waals surface area (Å²) in [6.07, 6.45) is -1.11. The van der Waals surface area contributed by atoms with Crippen LogP contribution in [0.15, 0.2) is 18.2 Å². The fraction of sp³-hybridized carbons (Fsp3) is 0.533. The number of nitrogens with zero attached hydrogens (tertiary/aromatic N) is 1. The minimum atomic E-state index is -4.46. The van der Waals surface area contributed by atoms with Gasteiger partial charge in [-0.3, -0.25) is 0 Å². The maximum atomic E-state index is 12.6. The molecule has 1 saturated carbocycles. The van der Waals surface area contributed by atoms with Crippen molar-refractivity contribution in [3.63, 3.8) is 0 Å². The molecule has 1 fully saturated rings. The second-order valence-electron chi connectivity index (χ2n) is 5.08. The summed E-state index contributed by atoms with van der Waals surface area (Å²) in [6.45, 7) is 0. The Kier molecular flexibility index (Phi) is 4.73. The summed E-state index contributed by atoms with van der Waals surface area (Å²) in [5.74, 6) is 0.201. The maximum absolute atomic E-state index is 12.6. The van der Waals surface area contributed by atoms with Crippen molar-refractivity contribution in [2.75, 3.05) is 7.11 Å². The zero-order valence-corrected chi connectivity index (χ0v) is 11.6. The van der Waals surface area contributed by atoms with Gasteiger partial charge in [0.05, 0.1) is 17.2 Å². The van der Waals surface area contributed by atoms with E-state index in [1.54, 1.807) is 13.2 Å². The number of benzene rings is 1. The van der Waals surface area contributed by atoms with Crippen molar-refractivity contribution in [3.8, 4) is 11.8 Å². The highest BCUT2D eigenvalue weighted by molar-refractivity contribution is 5.46. The first-order chi connectivity index (χ1) is 9.94. The average molecular weight is 299 g/mol. The Hall–Kier alpha value is -1.74. The summed E-state index contributed by atoms with van der Waals surface area (Å²) in [5, 5.41) is 9.01. The van der Waals surface area contributed by atoms with Gasteiger partial charge in [0.1, 0.15) is 17.9 Å². The first kappa shape index (κ1) is 15.6. The van der Waals surface area contributed by atoms with Gasteiger partial charge in [-0.1, -0.05) is 0 Å². The summed E-state index contributed by atoms with van der Waals surface area (Å²) in [5.41, 5.74) is -0.936. The highest BCUT2D eigenvalue weighted by Crippen LogP contribution is 2.33. The van der Waals surface area contributed by atoms with Crippen LogP contribution in [-0.4, -0.2) is 19.3 Å². The van der Waals surface area contributed by atoms with Gasteiger partial charge in [-0.05, 0) is 37.5 Å². The Balaban J connectivity index is 2.15. The van der Waals surface area contributed by atoms with Crippen LogP contribution in [0.2, 0.25) is 0 Å². The summed E-state index contributed by atoms with van der Waals surface area (Å²) in [6, 6.07) is 4.75. The third kappa shape index (κ3) is 3.88. The molecule has 6 heteroatoms. The molecule has 0 amide bonds. The van der Waals surface area contributed by atoms with E-state index < -0.39 is 11.7 Å². The Morgan fingerprint density at radius 3 is 2.57 bits per heavy atom. The first-order valence-corrected chi connectivity index (χ1v) is 6.75. The molecule has 2 atom stereocenters. The molecular weight excluding hydrogens is 283 g/mol. The van der Waals surface area contributed by atoms with Crippen LogP contribution in [0, 0.1) is 11.3 Å². The molecule has 0 N–H and O–H groups in total. The molecule has 0 aromatic heterocycles. The van der Waals surface area contributed by atoms with Crippen molar-refractivity contribution in [2.45, 2.75) is 44.1 Å². The molecule has 1 aliphatic rings. The zero-order chi connectivity index (χ0) is 15.5. The molecule has 0 saturated heterocycles. The molecule has 0 spiro atoms. The second kappa shape index (κ2) is 6.35. The average Bonchev–Trinajstić information content (AvgIpc) is 2.46. The predicted molar refractivity (Wildman–Crippen MR) is 69.8 cm³/mol. The number of halogens is 3. The predicted octanol–water partition coefficient (Wildman–Crippen LogP) is 3.91. The van der Waals surface area contributed by atoms with E-state index in [-0.39, 0.29) is 23.5 Å². The molecule has 21 heavy (non-hydrogen) atoms. The minimum absolute atomic E-state index is 0.0932. The van der Waals surface area contributed by atoms with Crippen molar-refractivity contribution in [3.05, 3.63) is 29.3 Å². The topological polar surface area (TPSA) is 42.2 Å². The quantitative estimate of drug-likeness (QED) is 0.849. The third-order valence-corrected chi connectivity index (χ3v) is 3.63. The van der Waals surface area contributed by atoms with Crippen LogP contribution in [0.4, 0.5) is 13.2 Å². The van der Waals surface area contributed by atoms with Crippen LogP contribution in [0.1, 0.15) is 36.8 Å². The molecule has 2 rings (SSSR count). The lowest BCUT2D eigenvalue weighted by molar-refractivity contribution is -0.137. The SMILES string of the molecule is COC1CCCC(Oc2ccc(C(F)(F)F)cc2C#N)C1. The van der Waals surface area contributed by atoms with Gasteiger partial charge in [0.15, 0.2) is 0 Å². The third-order valence-electron chi connectivity index (χ3n) is 3.63. The number of rotatable bonds is 3. The van der Waals surface area contributed by atoms with Gasteiger partial charge in [0.2, 0.25) is 0 Å². The second-order valence-corrected chi connectivity index (χ2v) is 5.08. The fourth-order valence-electron chi connectivity index (χ4n) is 2.50. The number of alkyl halides is 3. The normalized spacial score (nSPS) is 22.6. The molecule has 114 valence electrons. The van der Waals surface area contributed by atoms with E-state index in [1.165, 1.54) is 6.07 Å². The Bertz CT molecular complexity index is 537. The largest absolute Gasteiger partial charge is 0.489 e. The van der Waals surface area contributed by atoms with Crippen molar-refractivity contribution in [2.24, 2.45) is 0 Å². The monoisotopic (exact) mass is 299 g/mol. The highest BCUT2D eigenvalue weighted by atomic mass is 19.4. The van der Waals surface area contributed by atoms with Crippen LogP contribution in [0.25, 0.3) is 0 Å². The van der Waals surface area contributed by atoms with E-state index in [9.17, 15) is 13.2 Å². The lowest BCUT2D eigenvalue weighted by Crippen LogP contribution is -2.29. The van der Waals surface area contributed by atoms with Gasteiger partial charge in [-0.15, -0.1) is 0 Å². The van der Waals surface area contributed by atoms with Gasteiger partial charge < -0.3 is 9.47 Å². The molecule has 1 aliphatic carbocycles. The first-order valence-electron chi connectivity index (χ1n) is 6.75. The summed E-state index contributed by atoms with van der Waals surface area (Å²) in [4.78, 5) is 0. The molecular formula is C15H16F3NO2. The van der Waals surface area contributed by atoms with Gasteiger partial charge >= 0.3 is 6.18 Å². The van der Waals surface area contributed by atoms with Gasteiger partial charge in [0.25, 0.3) is 0 Å². The molecule has 1 aromatic rings. The number of methoxy groups -OCH3 is 1. The van der Waals surface area contributed by atoms with Crippen LogP contribution >= 0.6 is 0 Å². The molecule has 0 bridgehead atoms. The molecule has 0 heterocycles. The standard InChI is InChI=1S/C15H16F3NO2/c1-20-12-3-2-4-13(8-12)21-14-6-5-11(15(16,17)18)7-10(14)9-19/h5-7,12-13H,2-4,8H2,1H3. The van der Waals surface area contributed by atoms with Crippen LogP contribution in [-0.2, 0) is 10.9 Å². The summed E-state index contributed by atoms with van der Waals surface area (Å²) >= 11 is 0. The van der Waals surface area contributed by atoms with Crippen molar-refractivity contribution < 1.29 is 22.6 Å². The smallest absolute Gasteiger partial charge is 0.416 e. The van der Waals surface area contributed by atoms with Gasteiger partial charge in [0, 0.05) is 13.5 Å². The molecule has 3 nitrogen and oxygen atoms in total. The summed E-state index contributed by atoms with van der Waals surface area (Å²) in [7, 11) is 1.63. The number of ether oxygens (including phenoxy) is 2. The Morgan fingerprint density at radius 2 is 1.95 bits per heavy atom. The van der Waals surface area contributed by atoms with E-state index >= 15 is 0 Å². The molecule has 1 aromatic carbocycles. The zero-order valence-electron chi connectivity index (χ0n) is 11.6. The number of nitriles is 1. The van der Waals surface area contributed by atoms with E-state index in [2.05, 4.69) is 0 Å². The minimum Gasteiger partial charge on any atom is -0.489 e. The highest BCUT2D eigenvalue weighted by Gasteiger charge is 2.31. The van der Waals surface area contributed by atoms with Crippen LogP contribution in [0.5, 0.6) is 5.75 Å². The van der Waals surface area contributed by atoms with Crippen LogP contribution in [0.3, 0.4) is 0 Å². The van der Waals surface area contributed by atoms with E-state index in [0.717, 1.165) is 31.4 Å². The number of hydrogen-bond donors (Lipinski definition) is 0. The molecule has 0 aliphatic heterocycles. The van der Waals surface area contributed by atoms with E-state index in [4.69, 9.17) is 14.7 Å². The lowest BCUT2D eigenvalue weighted by Gasteiger charge is -2.29. The van der Waals surface area contributed by atoms with Crippen molar-refractivity contribution in [1.29, 1.82) is 5.26 Å². The molecule has 0 radical (unpaired) electrons. The molecule has 2 unspecified atom stereocenters. The van der Waals surface area contributed by atoms with E-state index in [1.807, 2.05) is 0 Å². The van der Waals surface area contributed by atoms with Crippen LogP contribution < -0.4 is 4.74 Å². The van der Waals surface area contributed by atoms with Gasteiger partial charge in [-0.2, -0.15) is 18.4 Å². The Morgan fingerprint density at radius 1 is 1.24 bits per heavy atom. The summed E-state index contributed by atoms with van der Waals surface area (Å²) < 4.78 is 48.9. The number of hydrogen-bond acceptors (Lipinski definition) is 3. The van der Waals surface area contributed by atoms with Gasteiger partial charge in [-0.25, -0.2) is 0 Å². The van der Waals surface area contributed by atoms with Crippen molar-refractivity contribution >= 4 is 0 Å². The van der Waals surface area contributed by atoms with E-state index in [0.29, 0.717) is 6.42 Å². The fourth-order valence-corrected chi connectivity index (χ4v) is 2.50. The maximum Gasteiger partial charge on any atom is 0.416 e. The lowest BCUT2D eigenvalue weighted by atomic mass is 9.95. The Labute approximate surface area is 121 Å². The van der Waals surface area contributed by atoms with Crippen molar-refractivity contribution in [1.82, 2.24) is 0 Å².